The average Bonchev–Trinajstić information content (AvgIpc) is 2.39. The zero-order chi connectivity index (χ0) is 14.3. The first-order chi connectivity index (χ1) is 9.01. The third-order valence-electron chi connectivity index (χ3n) is 2.35. The maximum atomic E-state index is 11.7. The Morgan fingerprint density at radius 2 is 1.89 bits per heavy atom. The van der Waals surface area contributed by atoms with E-state index in [1.165, 1.54) is 24.3 Å². The molecule has 0 saturated carbocycles. The normalized spacial score (nSPS) is 11.3. The molecule has 1 rings (SSSR count). The van der Waals surface area contributed by atoms with Crippen molar-refractivity contribution in [1.29, 1.82) is 0 Å². The van der Waals surface area contributed by atoms with Gasteiger partial charge in [-0.3, -0.25) is 4.79 Å². The van der Waals surface area contributed by atoms with Gasteiger partial charge in [0, 0.05) is 25.8 Å². The van der Waals surface area contributed by atoms with Gasteiger partial charge in [-0.15, -0.1) is 0 Å². The van der Waals surface area contributed by atoms with Crippen molar-refractivity contribution in [2.24, 2.45) is 0 Å². The van der Waals surface area contributed by atoms with Crippen LogP contribution < -0.4 is 10.0 Å². The summed E-state index contributed by atoms with van der Waals surface area (Å²) in [5, 5.41) is 2.65. The number of hydrogen-bond acceptors (Lipinski definition) is 4. The predicted molar refractivity (Wildman–Crippen MR) is 71.5 cm³/mol. The van der Waals surface area contributed by atoms with Crippen molar-refractivity contribution in [1.82, 2.24) is 10.0 Å². The van der Waals surface area contributed by atoms with E-state index >= 15 is 0 Å². The Hall–Kier alpha value is -1.44. The van der Waals surface area contributed by atoms with Gasteiger partial charge in [-0.2, -0.15) is 0 Å². The molecule has 106 valence electrons. The van der Waals surface area contributed by atoms with Crippen LogP contribution in [0.4, 0.5) is 0 Å². The Bertz CT molecular complexity index is 511. The fourth-order valence-corrected chi connectivity index (χ4v) is 2.47. The molecule has 0 unspecified atom stereocenters. The predicted octanol–water partition coefficient (Wildman–Crippen LogP) is 0.361. The molecule has 0 atom stereocenters. The Balaban J connectivity index is 2.74. The van der Waals surface area contributed by atoms with Gasteiger partial charge in [0.15, 0.2) is 0 Å². The van der Waals surface area contributed by atoms with Crippen LogP contribution in [-0.2, 0) is 14.8 Å². The molecule has 0 heterocycles. The molecular formula is C12H18N2O4S. The van der Waals surface area contributed by atoms with Gasteiger partial charge >= 0.3 is 0 Å². The van der Waals surface area contributed by atoms with Crippen LogP contribution in [0.25, 0.3) is 0 Å². The summed E-state index contributed by atoms with van der Waals surface area (Å²) in [6.07, 6.45) is 0. The SMILES string of the molecule is CCNS(=O)(=O)c1ccc(C(=O)NCCOC)cc1. The number of carbonyl (C=O) groups is 1. The van der Waals surface area contributed by atoms with Gasteiger partial charge in [0.1, 0.15) is 0 Å². The molecule has 0 radical (unpaired) electrons. The Labute approximate surface area is 113 Å². The molecule has 1 amide bonds. The first kappa shape index (κ1) is 15.6. The van der Waals surface area contributed by atoms with Crippen LogP contribution >= 0.6 is 0 Å². The van der Waals surface area contributed by atoms with Crippen molar-refractivity contribution < 1.29 is 17.9 Å². The maximum Gasteiger partial charge on any atom is 0.251 e. The lowest BCUT2D eigenvalue weighted by Gasteiger charge is -2.07. The van der Waals surface area contributed by atoms with Crippen LogP contribution in [0.3, 0.4) is 0 Å². The van der Waals surface area contributed by atoms with Gasteiger partial charge < -0.3 is 10.1 Å². The molecule has 0 fully saturated rings. The highest BCUT2D eigenvalue weighted by molar-refractivity contribution is 7.89. The van der Waals surface area contributed by atoms with Crippen molar-refractivity contribution in [2.75, 3.05) is 26.8 Å². The van der Waals surface area contributed by atoms with E-state index in [0.717, 1.165) is 0 Å². The van der Waals surface area contributed by atoms with E-state index in [1.807, 2.05) is 0 Å². The van der Waals surface area contributed by atoms with E-state index in [0.29, 0.717) is 25.3 Å². The fraction of sp³-hybridized carbons (Fsp3) is 0.417. The number of methoxy groups -OCH3 is 1. The third-order valence-corrected chi connectivity index (χ3v) is 3.91. The summed E-state index contributed by atoms with van der Waals surface area (Å²) in [5.41, 5.74) is 0.409. The number of hydrogen-bond donors (Lipinski definition) is 2. The zero-order valence-electron chi connectivity index (χ0n) is 11.0. The van der Waals surface area contributed by atoms with Gasteiger partial charge in [-0.1, -0.05) is 6.92 Å². The molecule has 6 nitrogen and oxygen atoms in total. The van der Waals surface area contributed by atoms with E-state index in [2.05, 4.69) is 10.0 Å². The molecule has 0 bridgehead atoms. The molecule has 1 aromatic rings. The molecular weight excluding hydrogens is 268 g/mol. The minimum absolute atomic E-state index is 0.141. The lowest BCUT2D eigenvalue weighted by atomic mass is 10.2. The summed E-state index contributed by atoms with van der Waals surface area (Å²) in [7, 11) is -1.93. The summed E-state index contributed by atoms with van der Waals surface area (Å²) in [5.74, 6) is -0.260. The second-order valence-corrected chi connectivity index (χ2v) is 5.54. The smallest absolute Gasteiger partial charge is 0.251 e. The van der Waals surface area contributed by atoms with E-state index in [9.17, 15) is 13.2 Å². The Morgan fingerprint density at radius 1 is 1.26 bits per heavy atom. The molecule has 0 aromatic heterocycles. The number of ether oxygens (including phenoxy) is 1. The highest BCUT2D eigenvalue weighted by Gasteiger charge is 2.13. The minimum Gasteiger partial charge on any atom is -0.383 e. The number of nitrogens with one attached hydrogen (secondary N) is 2. The van der Waals surface area contributed by atoms with Crippen LogP contribution in [0.15, 0.2) is 29.2 Å². The summed E-state index contributed by atoms with van der Waals surface area (Å²) >= 11 is 0. The van der Waals surface area contributed by atoms with E-state index in [-0.39, 0.29) is 10.8 Å². The molecule has 19 heavy (non-hydrogen) atoms. The van der Waals surface area contributed by atoms with Gasteiger partial charge in [0.05, 0.1) is 11.5 Å². The van der Waals surface area contributed by atoms with Crippen LogP contribution in [0, 0.1) is 0 Å². The lowest BCUT2D eigenvalue weighted by Crippen LogP contribution is -2.27. The van der Waals surface area contributed by atoms with Crippen LogP contribution in [0.2, 0.25) is 0 Å². The summed E-state index contributed by atoms with van der Waals surface area (Å²) in [6, 6.07) is 5.77. The summed E-state index contributed by atoms with van der Waals surface area (Å²) in [4.78, 5) is 11.8. The third kappa shape index (κ3) is 4.62. The number of benzene rings is 1. The number of sulfonamides is 1. The Kier molecular flexibility index (Phi) is 5.94. The molecule has 0 spiro atoms. The summed E-state index contributed by atoms with van der Waals surface area (Å²) < 4.78 is 30.6. The van der Waals surface area contributed by atoms with Crippen LogP contribution in [0.5, 0.6) is 0 Å². The Morgan fingerprint density at radius 3 is 2.42 bits per heavy atom. The highest BCUT2D eigenvalue weighted by atomic mass is 32.2. The molecule has 0 aliphatic heterocycles. The molecule has 2 N–H and O–H groups in total. The van der Waals surface area contributed by atoms with Gasteiger partial charge in [-0.25, -0.2) is 13.1 Å². The van der Waals surface area contributed by atoms with Crippen LogP contribution in [-0.4, -0.2) is 41.1 Å². The molecule has 0 aliphatic rings. The van der Waals surface area contributed by atoms with E-state index in [4.69, 9.17) is 4.74 Å². The second kappa shape index (κ2) is 7.22. The standard InChI is InChI=1S/C12H18N2O4S/c1-3-14-19(16,17)11-6-4-10(5-7-11)12(15)13-8-9-18-2/h4-7,14H,3,8-9H2,1-2H3,(H,13,15). The zero-order valence-corrected chi connectivity index (χ0v) is 11.8. The van der Waals surface area contributed by atoms with Gasteiger partial charge in [0.2, 0.25) is 10.0 Å². The topological polar surface area (TPSA) is 84.5 Å². The lowest BCUT2D eigenvalue weighted by molar-refractivity contribution is 0.0937. The van der Waals surface area contributed by atoms with E-state index in [1.54, 1.807) is 14.0 Å². The average molecular weight is 286 g/mol. The van der Waals surface area contributed by atoms with Crippen LogP contribution in [0.1, 0.15) is 17.3 Å². The minimum atomic E-state index is -3.48. The second-order valence-electron chi connectivity index (χ2n) is 3.77. The first-order valence-corrected chi connectivity index (χ1v) is 7.36. The molecule has 7 heteroatoms. The number of amides is 1. The molecule has 0 aliphatic carbocycles. The van der Waals surface area contributed by atoms with Gasteiger partial charge in [-0.05, 0) is 24.3 Å². The number of rotatable bonds is 7. The molecule has 1 aromatic carbocycles. The van der Waals surface area contributed by atoms with Gasteiger partial charge in [0.25, 0.3) is 5.91 Å². The quantitative estimate of drug-likeness (QED) is 0.709. The highest BCUT2D eigenvalue weighted by Crippen LogP contribution is 2.10. The monoisotopic (exact) mass is 286 g/mol. The maximum absolute atomic E-state index is 11.7. The fourth-order valence-electron chi connectivity index (χ4n) is 1.43. The van der Waals surface area contributed by atoms with Crippen molar-refractivity contribution in [3.05, 3.63) is 29.8 Å². The van der Waals surface area contributed by atoms with Crippen molar-refractivity contribution in [2.45, 2.75) is 11.8 Å². The van der Waals surface area contributed by atoms with Crippen molar-refractivity contribution in [3.63, 3.8) is 0 Å². The number of carbonyl (C=O) groups excluding carboxylic acids is 1. The van der Waals surface area contributed by atoms with Crippen molar-refractivity contribution in [3.8, 4) is 0 Å². The van der Waals surface area contributed by atoms with E-state index < -0.39 is 10.0 Å². The molecule has 0 saturated heterocycles. The largest absolute Gasteiger partial charge is 0.383 e. The van der Waals surface area contributed by atoms with Crippen molar-refractivity contribution >= 4 is 15.9 Å². The summed E-state index contributed by atoms with van der Waals surface area (Å²) in [6.45, 7) is 2.86. The first-order valence-electron chi connectivity index (χ1n) is 5.88.